The lowest BCUT2D eigenvalue weighted by Crippen LogP contribution is -2.42. The standard InChI is InChI=1S/C39H40F2N4O4/c1-44(34-13-6-3-7-14-34)24-23-28-9-8-12-33(25-28)43-38(49)45(35-21-19-31(20-22-35)30-10-4-2-5-11-30)26-29-15-17-32(18-16-29)36(46)42-27-39(40,41)37(47)48/h3,6-10,12-22,25H,2,4-5,11,23-24,26-27H2,1H3,(H,42,46)(H,43,49)(H,47,48). The van der Waals surface area contributed by atoms with E-state index < -0.39 is 24.3 Å². The van der Waals surface area contributed by atoms with Crippen LogP contribution in [0.2, 0.25) is 0 Å². The van der Waals surface area contributed by atoms with Gasteiger partial charge in [-0.3, -0.25) is 9.69 Å². The van der Waals surface area contributed by atoms with Crippen LogP contribution in [-0.4, -0.2) is 49.1 Å². The van der Waals surface area contributed by atoms with Crippen molar-refractivity contribution in [1.29, 1.82) is 0 Å². The molecular formula is C39H40F2N4O4. The van der Waals surface area contributed by atoms with E-state index in [1.54, 1.807) is 17.0 Å². The predicted molar refractivity (Wildman–Crippen MR) is 189 cm³/mol. The number of benzene rings is 4. The molecule has 49 heavy (non-hydrogen) atoms. The maximum atomic E-state index is 13.9. The van der Waals surface area contributed by atoms with Crippen molar-refractivity contribution < 1.29 is 28.3 Å². The van der Waals surface area contributed by atoms with Gasteiger partial charge in [-0.25, -0.2) is 9.59 Å². The van der Waals surface area contributed by atoms with Crippen molar-refractivity contribution in [1.82, 2.24) is 5.32 Å². The van der Waals surface area contributed by atoms with Gasteiger partial charge >= 0.3 is 17.9 Å². The minimum Gasteiger partial charge on any atom is -0.477 e. The van der Waals surface area contributed by atoms with Crippen LogP contribution in [0.3, 0.4) is 0 Å². The van der Waals surface area contributed by atoms with Crippen molar-refractivity contribution in [2.24, 2.45) is 0 Å². The molecule has 0 saturated carbocycles. The number of carbonyl (C=O) groups is 3. The summed E-state index contributed by atoms with van der Waals surface area (Å²) >= 11 is 0. The van der Waals surface area contributed by atoms with Crippen LogP contribution in [0.4, 0.5) is 30.6 Å². The van der Waals surface area contributed by atoms with Crippen molar-refractivity contribution in [3.05, 3.63) is 131 Å². The fourth-order valence-electron chi connectivity index (χ4n) is 5.65. The smallest absolute Gasteiger partial charge is 0.376 e. The van der Waals surface area contributed by atoms with Crippen LogP contribution in [0.25, 0.3) is 5.57 Å². The third-order valence-corrected chi connectivity index (χ3v) is 8.54. The van der Waals surface area contributed by atoms with E-state index in [1.807, 2.05) is 79.1 Å². The minimum absolute atomic E-state index is 0.0841. The van der Waals surface area contributed by atoms with Gasteiger partial charge < -0.3 is 20.6 Å². The highest BCUT2D eigenvalue weighted by molar-refractivity contribution is 6.02. The van der Waals surface area contributed by atoms with E-state index in [1.165, 1.54) is 24.1 Å². The minimum atomic E-state index is -4.08. The number of amides is 3. The topological polar surface area (TPSA) is 102 Å². The number of nitrogens with one attached hydrogen (secondary N) is 2. The first kappa shape index (κ1) is 34.8. The van der Waals surface area contributed by atoms with Gasteiger partial charge in [0.15, 0.2) is 0 Å². The SMILES string of the molecule is CN(CCc1cccc(NC(=O)N(Cc2ccc(C(=O)NCC(F)(F)C(=O)O)cc2)c2ccc(C3=CCCCC3)cc2)c1)c1ccccc1. The van der Waals surface area contributed by atoms with Gasteiger partial charge in [0.2, 0.25) is 0 Å². The first-order valence-electron chi connectivity index (χ1n) is 16.3. The molecule has 4 aromatic carbocycles. The number of rotatable bonds is 13. The first-order valence-corrected chi connectivity index (χ1v) is 16.3. The zero-order valence-corrected chi connectivity index (χ0v) is 27.4. The van der Waals surface area contributed by atoms with E-state index in [0.717, 1.165) is 49.0 Å². The number of allylic oxidation sites excluding steroid dienone is 2. The predicted octanol–water partition coefficient (Wildman–Crippen LogP) is 8.01. The van der Waals surface area contributed by atoms with Gasteiger partial charge in [0.05, 0.1) is 13.1 Å². The summed E-state index contributed by atoms with van der Waals surface area (Å²) in [5.41, 5.74) is 6.74. The number of likely N-dealkylation sites (N-methyl/N-ethyl adjacent to an activating group) is 1. The number of hydrogen-bond donors (Lipinski definition) is 3. The molecule has 1 aliphatic rings. The average molecular weight is 667 g/mol. The molecule has 3 amide bonds. The van der Waals surface area contributed by atoms with Crippen molar-refractivity contribution >= 4 is 40.5 Å². The Morgan fingerprint density at radius 2 is 1.57 bits per heavy atom. The molecule has 5 rings (SSSR count). The lowest BCUT2D eigenvalue weighted by Gasteiger charge is -2.24. The molecule has 1 aliphatic carbocycles. The Kier molecular flexibility index (Phi) is 11.4. The quantitative estimate of drug-likeness (QED) is 0.134. The maximum Gasteiger partial charge on any atom is 0.376 e. The highest BCUT2D eigenvalue weighted by atomic mass is 19.3. The van der Waals surface area contributed by atoms with Crippen molar-refractivity contribution in [3.8, 4) is 0 Å². The van der Waals surface area contributed by atoms with E-state index in [9.17, 15) is 23.2 Å². The second-order valence-electron chi connectivity index (χ2n) is 12.1. The summed E-state index contributed by atoms with van der Waals surface area (Å²) in [5, 5.41) is 13.6. The van der Waals surface area contributed by atoms with E-state index in [0.29, 0.717) is 16.9 Å². The molecule has 0 fully saturated rings. The largest absolute Gasteiger partial charge is 0.477 e. The molecule has 0 spiro atoms. The molecular weight excluding hydrogens is 626 g/mol. The van der Waals surface area contributed by atoms with Gasteiger partial charge in [-0.1, -0.05) is 60.7 Å². The van der Waals surface area contributed by atoms with Gasteiger partial charge in [0.25, 0.3) is 5.91 Å². The van der Waals surface area contributed by atoms with Crippen LogP contribution in [0.5, 0.6) is 0 Å². The monoisotopic (exact) mass is 666 g/mol. The van der Waals surface area contributed by atoms with E-state index in [4.69, 9.17) is 5.11 Å². The Morgan fingerprint density at radius 3 is 2.24 bits per heavy atom. The van der Waals surface area contributed by atoms with Crippen LogP contribution in [0, 0.1) is 0 Å². The fourth-order valence-corrected chi connectivity index (χ4v) is 5.65. The van der Waals surface area contributed by atoms with Crippen molar-refractivity contribution in [3.63, 3.8) is 0 Å². The van der Waals surface area contributed by atoms with Crippen molar-refractivity contribution in [2.45, 2.75) is 44.6 Å². The lowest BCUT2D eigenvalue weighted by atomic mass is 9.93. The summed E-state index contributed by atoms with van der Waals surface area (Å²) < 4.78 is 26.9. The van der Waals surface area contributed by atoms with Crippen LogP contribution < -0.4 is 20.4 Å². The van der Waals surface area contributed by atoms with Crippen LogP contribution in [0.1, 0.15) is 52.7 Å². The summed E-state index contributed by atoms with van der Waals surface area (Å²) in [4.78, 5) is 40.8. The number of alkyl halides is 2. The average Bonchev–Trinajstić information content (AvgIpc) is 3.13. The number of carbonyl (C=O) groups excluding carboxylic acids is 2. The summed E-state index contributed by atoms with van der Waals surface area (Å²) in [5.74, 6) is -7.22. The highest BCUT2D eigenvalue weighted by Crippen LogP contribution is 2.29. The number of anilines is 3. The highest BCUT2D eigenvalue weighted by Gasteiger charge is 2.39. The molecule has 8 nitrogen and oxygen atoms in total. The molecule has 10 heteroatoms. The molecule has 0 radical (unpaired) electrons. The van der Waals surface area contributed by atoms with E-state index >= 15 is 0 Å². The molecule has 0 unspecified atom stereocenters. The molecule has 0 saturated heterocycles. The number of hydrogen-bond acceptors (Lipinski definition) is 4. The van der Waals surface area contributed by atoms with Gasteiger partial charge in [0, 0.05) is 36.2 Å². The van der Waals surface area contributed by atoms with E-state index in [-0.39, 0.29) is 18.1 Å². The van der Waals surface area contributed by atoms with Gasteiger partial charge in [-0.15, -0.1) is 0 Å². The third-order valence-electron chi connectivity index (χ3n) is 8.54. The molecule has 0 bridgehead atoms. The van der Waals surface area contributed by atoms with Crippen LogP contribution in [-0.2, 0) is 17.8 Å². The molecule has 0 atom stereocenters. The summed E-state index contributed by atoms with van der Waals surface area (Å²) in [7, 11) is 2.05. The van der Waals surface area contributed by atoms with Crippen LogP contribution in [0.15, 0.2) is 109 Å². The second-order valence-corrected chi connectivity index (χ2v) is 12.1. The Hall–Kier alpha value is -5.51. The number of nitrogens with zero attached hydrogens (tertiary/aromatic N) is 2. The molecule has 0 heterocycles. The Labute approximate surface area is 285 Å². The number of urea groups is 1. The first-order chi connectivity index (χ1) is 23.6. The molecule has 3 N–H and O–H groups in total. The summed E-state index contributed by atoms with van der Waals surface area (Å²) in [6.45, 7) is -0.366. The van der Waals surface area contributed by atoms with Crippen molar-refractivity contribution in [2.75, 3.05) is 35.3 Å². The Balaban J connectivity index is 1.31. The third kappa shape index (κ3) is 9.53. The Bertz CT molecular complexity index is 1780. The molecule has 0 aromatic heterocycles. The zero-order valence-electron chi connectivity index (χ0n) is 27.4. The second kappa shape index (κ2) is 16.1. The number of halogens is 2. The number of aliphatic carboxylic acids is 1. The number of carboxylic acid groups (broad SMARTS) is 1. The normalized spacial score (nSPS) is 12.8. The maximum absolute atomic E-state index is 13.9. The summed E-state index contributed by atoms with van der Waals surface area (Å²) in [6.07, 6.45) is 7.48. The Morgan fingerprint density at radius 1 is 0.837 bits per heavy atom. The van der Waals surface area contributed by atoms with E-state index in [2.05, 4.69) is 28.4 Å². The summed E-state index contributed by atoms with van der Waals surface area (Å²) in [6, 6.07) is 31.6. The van der Waals surface area contributed by atoms with Crippen LogP contribution >= 0.6 is 0 Å². The lowest BCUT2D eigenvalue weighted by molar-refractivity contribution is -0.163. The fraction of sp³-hybridized carbons (Fsp3) is 0.256. The number of carboxylic acids is 1. The van der Waals surface area contributed by atoms with Gasteiger partial charge in [-0.05, 0) is 103 Å². The zero-order chi connectivity index (χ0) is 34.8. The van der Waals surface area contributed by atoms with Gasteiger partial charge in [-0.2, -0.15) is 8.78 Å². The van der Waals surface area contributed by atoms with Gasteiger partial charge in [0.1, 0.15) is 0 Å². The molecule has 4 aromatic rings. The molecule has 0 aliphatic heterocycles. The molecule has 254 valence electrons. The number of para-hydroxylation sites is 1.